The molecule has 0 saturated carbocycles. The molecule has 4 heterocycles. The zero-order valence-corrected chi connectivity index (χ0v) is 13.4. The molecule has 8 heteroatoms. The van der Waals surface area contributed by atoms with E-state index in [4.69, 9.17) is 8.83 Å². The second-order valence-electron chi connectivity index (χ2n) is 4.89. The van der Waals surface area contributed by atoms with Crippen molar-refractivity contribution in [1.82, 2.24) is 4.98 Å². The number of furan rings is 2. The van der Waals surface area contributed by atoms with E-state index in [-0.39, 0.29) is 22.4 Å². The molecule has 122 valence electrons. The number of carbonyl (C=O) groups is 2. The molecular weight excluding hydrogens is 342 g/mol. The Hall–Kier alpha value is -3.48. The summed E-state index contributed by atoms with van der Waals surface area (Å²) in [6, 6.07) is 6.52. The van der Waals surface area contributed by atoms with Crippen LogP contribution in [0, 0.1) is 0 Å². The first-order valence-electron chi connectivity index (χ1n) is 7.16. The van der Waals surface area contributed by atoms with Crippen LogP contribution >= 0.6 is 11.3 Å². The largest absolute Gasteiger partial charge is 0.463 e. The van der Waals surface area contributed by atoms with E-state index in [2.05, 4.69) is 21.2 Å². The van der Waals surface area contributed by atoms with Crippen molar-refractivity contribution in [2.24, 2.45) is 4.99 Å². The van der Waals surface area contributed by atoms with Crippen LogP contribution in [0.3, 0.4) is 0 Å². The van der Waals surface area contributed by atoms with Gasteiger partial charge in [0, 0.05) is 6.08 Å². The predicted octanol–water partition coefficient (Wildman–Crippen LogP) is 3.55. The topological polar surface area (TPSA) is 97.7 Å². The minimum Gasteiger partial charge on any atom is -0.463 e. The van der Waals surface area contributed by atoms with E-state index in [0.29, 0.717) is 16.3 Å². The van der Waals surface area contributed by atoms with Crippen LogP contribution in [-0.2, 0) is 0 Å². The fraction of sp³-hybridized carbons (Fsp3) is 0. The van der Waals surface area contributed by atoms with Crippen molar-refractivity contribution in [2.75, 3.05) is 5.32 Å². The van der Waals surface area contributed by atoms with Crippen LogP contribution in [0.4, 0.5) is 5.13 Å². The van der Waals surface area contributed by atoms with Crippen molar-refractivity contribution in [3.05, 3.63) is 65.3 Å². The number of aliphatic imine (C=N–C) groups is 1. The van der Waals surface area contributed by atoms with Gasteiger partial charge in [0.1, 0.15) is 16.3 Å². The second kappa shape index (κ2) is 6.20. The van der Waals surface area contributed by atoms with E-state index < -0.39 is 5.91 Å². The van der Waals surface area contributed by atoms with Gasteiger partial charge in [0.2, 0.25) is 5.78 Å². The summed E-state index contributed by atoms with van der Waals surface area (Å²) < 4.78 is 10.4. The zero-order chi connectivity index (χ0) is 17.2. The molecule has 25 heavy (non-hydrogen) atoms. The number of allylic oxidation sites excluding steroid dienone is 3. The van der Waals surface area contributed by atoms with Crippen LogP contribution in [0.1, 0.15) is 20.2 Å². The van der Waals surface area contributed by atoms with E-state index in [1.165, 1.54) is 18.6 Å². The Morgan fingerprint density at radius 2 is 2.00 bits per heavy atom. The maximum absolute atomic E-state index is 12.7. The molecule has 1 amide bonds. The number of nitrogens with zero attached hydrogens (tertiary/aromatic N) is 2. The summed E-state index contributed by atoms with van der Waals surface area (Å²) in [4.78, 5) is 33.3. The SMILES string of the molecule is O=C(Nc1nc(-c2ccco2)c(C(=O)C2=CC=C=N2)s1)c1ccco1. The van der Waals surface area contributed by atoms with Gasteiger partial charge in [-0.15, -0.1) is 0 Å². The van der Waals surface area contributed by atoms with Crippen LogP contribution < -0.4 is 5.32 Å². The van der Waals surface area contributed by atoms with Crippen molar-refractivity contribution in [2.45, 2.75) is 0 Å². The van der Waals surface area contributed by atoms with Crippen LogP contribution in [0.15, 0.2) is 68.5 Å². The minimum absolute atomic E-state index is 0.148. The van der Waals surface area contributed by atoms with Crippen molar-refractivity contribution >= 4 is 34.0 Å². The summed E-state index contributed by atoms with van der Waals surface area (Å²) in [5.41, 5.74) is 0.595. The molecule has 3 aromatic heterocycles. The molecule has 7 nitrogen and oxygen atoms in total. The molecule has 0 atom stereocenters. The Labute approximate surface area is 145 Å². The highest BCUT2D eigenvalue weighted by atomic mass is 32.1. The lowest BCUT2D eigenvalue weighted by Gasteiger charge is -1.97. The summed E-state index contributed by atoms with van der Waals surface area (Å²) in [7, 11) is 0. The highest BCUT2D eigenvalue weighted by Crippen LogP contribution is 2.33. The predicted molar refractivity (Wildman–Crippen MR) is 90.9 cm³/mol. The summed E-state index contributed by atoms with van der Waals surface area (Å²) in [6.45, 7) is 0. The van der Waals surface area contributed by atoms with Gasteiger partial charge in [0.25, 0.3) is 5.91 Å². The first kappa shape index (κ1) is 15.1. The fourth-order valence-electron chi connectivity index (χ4n) is 2.18. The number of anilines is 1. The van der Waals surface area contributed by atoms with Gasteiger partial charge < -0.3 is 8.83 Å². The molecule has 0 bridgehead atoms. The molecule has 0 saturated heterocycles. The van der Waals surface area contributed by atoms with Crippen LogP contribution in [-0.4, -0.2) is 22.5 Å². The van der Waals surface area contributed by atoms with Gasteiger partial charge in [0.05, 0.1) is 12.5 Å². The number of thiazole rings is 1. The summed E-state index contributed by atoms with van der Waals surface area (Å²) in [6.07, 6.45) is 6.01. The van der Waals surface area contributed by atoms with Crippen molar-refractivity contribution in [1.29, 1.82) is 0 Å². The Bertz CT molecular complexity index is 1040. The lowest BCUT2D eigenvalue weighted by molar-refractivity contribution is 0.0995. The Morgan fingerprint density at radius 1 is 1.16 bits per heavy atom. The van der Waals surface area contributed by atoms with Gasteiger partial charge >= 0.3 is 0 Å². The van der Waals surface area contributed by atoms with E-state index in [1.807, 2.05) is 0 Å². The highest BCUT2D eigenvalue weighted by Gasteiger charge is 2.25. The average molecular weight is 351 g/mol. The van der Waals surface area contributed by atoms with E-state index >= 15 is 0 Å². The van der Waals surface area contributed by atoms with Crippen molar-refractivity contribution < 1.29 is 18.4 Å². The molecule has 1 N–H and O–H groups in total. The summed E-state index contributed by atoms with van der Waals surface area (Å²) >= 11 is 1.04. The van der Waals surface area contributed by atoms with Gasteiger partial charge in [-0.25, -0.2) is 9.98 Å². The number of hydrogen-bond acceptors (Lipinski definition) is 7. The van der Waals surface area contributed by atoms with E-state index in [0.717, 1.165) is 11.3 Å². The lowest BCUT2D eigenvalue weighted by Crippen LogP contribution is -2.10. The third-order valence-electron chi connectivity index (χ3n) is 3.29. The van der Waals surface area contributed by atoms with Gasteiger partial charge in [-0.3, -0.25) is 14.9 Å². The van der Waals surface area contributed by atoms with E-state index in [1.54, 1.807) is 30.4 Å². The standard InChI is InChI=1S/C17H9N3O4S/c21-14(10-4-1-7-18-10)15-13(11-5-2-8-23-11)19-17(25-15)20-16(22)12-6-3-9-24-12/h1-6,8-9H,(H,19,20,22). The number of ketones is 1. The second-order valence-corrected chi connectivity index (χ2v) is 5.89. The molecule has 0 radical (unpaired) electrons. The average Bonchev–Trinajstić information content (AvgIpc) is 3.42. The molecule has 0 aliphatic carbocycles. The normalized spacial score (nSPS) is 12.4. The van der Waals surface area contributed by atoms with Crippen molar-refractivity contribution in [3.63, 3.8) is 0 Å². The lowest BCUT2D eigenvalue weighted by atomic mass is 10.2. The molecular formula is C17H9N3O4S. The van der Waals surface area contributed by atoms with Crippen LogP contribution in [0.5, 0.6) is 0 Å². The summed E-state index contributed by atoms with van der Waals surface area (Å²) in [5, 5.41) is 2.88. The molecule has 0 spiro atoms. The fourth-order valence-corrected chi connectivity index (χ4v) is 3.09. The number of aromatic nitrogens is 1. The molecule has 1 aliphatic heterocycles. The third kappa shape index (κ3) is 2.87. The first-order valence-corrected chi connectivity index (χ1v) is 7.98. The van der Waals surface area contributed by atoms with E-state index in [9.17, 15) is 9.59 Å². The Balaban J connectivity index is 1.70. The molecule has 0 fully saturated rings. The number of carbonyl (C=O) groups excluding carboxylic acids is 2. The number of hydrogen-bond donors (Lipinski definition) is 1. The number of rotatable bonds is 5. The van der Waals surface area contributed by atoms with Gasteiger partial charge in [0.15, 0.2) is 16.7 Å². The maximum atomic E-state index is 12.7. The highest BCUT2D eigenvalue weighted by molar-refractivity contribution is 7.18. The number of Topliss-reactive ketones (excluding diaryl/α,β-unsaturated/α-hetero) is 1. The van der Waals surface area contributed by atoms with Crippen LogP contribution in [0.25, 0.3) is 11.5 Å². The minimum atomic E-state index is -0.455. The quantitative estimate of drug-likeness (QED) is 0.709. The molecule has 0 unspecified atom stereocenters. The molecule has 3 aromatic rings. The first-order chi connectivity index (χ1) is 12.2. The Morgan fingerprint density at radius 3 is 2.68 bits per heavy atom. The number of amides is 1. The van der Waals surface area contributed by atoms with Gasteiger partial charge in [-0.05, 0) is 36.2 Å². The van der Waals surface area contributed by atoms with Gasteiger partial charge in [-0.1, -0.05) is 11.3 Å². The third-order valence-corrected chi connectivity index (χ3v) is 4.26. The molecule has 1 aliphatic rings. The van der Waals surface area contributed by atoms with Gasteiger partial charge in [-0.2, -0.15) is 0 Å². The Kier molecular flexibility index (Phi) is 3.74. The maximum Gasteiger partial charge on any atom is 0.293 e. The smallest absolute Gasteiger partial charge is 0.293 e. The van der Waals surface area contributed by atoms with Crippen molar-refractivity contribution in [3.8, 4) is 11.5 Å². The summed E-state index contributed by atoms with van der Waals surface area (Å²) in [5.74, 6) is 2.40. The molecule has 0 aromatic carbocycles. The monoisotopic (exact) mass is 351 g/mol. The number of nitrogens with one attached hydrogen (secondary N) is 1. The molecule has 4 rings (SSSR count). The zero-order valence-electron chi connectivity index (χ0n) is 12.6. The van der Waals surface area contributed by atoms with Crippen LogP contribution in [0.2, 0.25) is 0 Å².